The van der Waals surface area contributed by atoms with E-state index in [0.29, 0.717) is 11.4 Å². The molecule has 0 aliphatic rings. The summed E-state index contributed by atoms with van der Waals surface area (Å²) >= 11 is 5.69. The van der Waals surface area contributed by atoms with E-state index in [-0.39, 0.29) is 0 Å². The van der Waals surface area contributed by atoms with Gasteiger partial charge in [0.05, 0.1) is 11.1 Å². The summed E-state index contributed by atoms with van der Waals surface area (Å²) in [5.74, 6) is 0. The van der Waals surface area contributed by atoms with E-state index in [9.17, 15) is 5.11 Å². The molecule has 1 heterocycles. The summed E-state index contributed by atoms with van der Waals surface area (Å²) in [6.45, 7) is 3.54. The van der Waals surface area contributed by atoms with E-state index in [1.165, 1.54) is 6.20 Å². The first-order valence-electron chi connectivity index (χ1n) is 3.63. The van der Waals surface area contributed by atoms with Gasteiger partial charge in [-0.05, 0) is 12.5 Å². The average molecular weight is 184 g/mol. The Kier molecular flexibility index (Phi) is 3.26. The molecule has 0 fully saturated rings. The normalized spacial score (nSPS) is 12.5. The smallest absolute Gasteiger partial charge is 0.0839 e. The standard InChI is InChI=1S/C9H10ClNO/c1-2-3-9(12)7-4-8(10)6-11-5-7/h2,4-6,9,12H,1,3H2. The number of nitrogens with zero attached hydrogens (tertiary/aromatic N) is 1. The fourth-order valence-electron chi connectivity index (χ4n) is 0.904. The van der Waals surface area contributed by atoms with Gasteiger partial charge in [0.2, 0.25) is 0 Å². The minimum atomic E-state index is -0.548. The highest BCUT2D eigenvalue weighted by Crippen LogP contribution is 2.18. The molecule has 12 heavy (non-hydrogen) atoms. The Morgan fingerprint density at radius 2 is 2.42 bits per heavy atom. The third-order valence-corrected chi connectivity index (χ3v) is 1.71. The van der Waals surface area contributed by atoms with Gasteiger partial charge in [0, 0.05) is 18.0 Å². The second-order valence-corrected chi connectivity index (χ2v) is 2.91. The van der Waals surface area contributed by atoms with Gasteiger partial charge in [0.1, 0.15) is 0 Å². The molecule has 1 atom stereocenters. The van der Waals surface area contributed by atoms with Gasteiger partial charge in [-0.3, -0.25) is 4.98 Å². The third-order valence-electron chi connectivity index (χ3n) is 1.50. The molecule has 0 saturated carbocycles. The molecule has 0 radical (unpaired) electrons. The monoisotopic (exact) mass is 183 g/mol. The Morgan fingerprint density at radius 3 is 3.00 bits per heavy atom. The van der Waals surface area contributed by atoms with E-state index in [4.69, 9.17) is 11.6 Å². The van der Waals surface area contributed by atoms with Crippen LogP contribution in [0.5, 0.6) is 0 Å². The highest BCUT2D eigenvalue weighted by Gasteiger charge is 2.05. The minimum Gasteiger partial charge on any atom is -0.388 e. The van der Waals surface area contributed by atoms with E-state index < -0.39 is 6.10 Å². The van der Waals surface area contributed by atoms with Gasteiger partial charge in [-0.15, -0.1) is 6.58 Å². The van der Waals surface area contributed by atoms with Gasteiger partial charge in [0.25, 0.3) is 0 Å². The average Bonchev–Trinajstić information content (AvgIpc) is 2.05. The van der Waals surface area contributed by atoms with Crippen molar-refractivity contribution in [2.75, 3.05) is 0 Å². The zero-order valence-electron chi connectivity index (χ0n) is 6.57. The topological polar surface area (TPSA) is 33.1 Å². The third kappa shape index (κ3) is 2.32. The molecule has 0 aliphatic heterocycles. The van der Waals surface area contributed by atoms with Gasteiger partial charge in [0.15, 0.2) is 0 Å². The summed E-state index contributed by atoms with van der Waals surface area (Å²) < 4.78 is 0. The van der Waals surface area contributed by atoms with Crippen LogP contribution in [0.15, 0.2) is 31.1 Å². The molecule has 0 bridgehead atoms. The number of aromatic nitrogens is 1. The molecule has 1 aromatic rings. The van der Waals surface area contributed by atoms with Crippen LogP contribution in [0, 0.1) is 0 Å². The van der Waals surface area contributed by atoms with Crippen molar-refractivity contribution in [1.82, 2.24) is 4.98 Å². The van der Waals surface area contributed by atoms with E-state index in [0.717, 1.165) is 5.56 Å². The number of rotatable bonds is 3. The van der Waals surface area contributed by atoms with E-state index >= 15 is 0 Å². The summed E-state index contributed by atoms with van der Waals surface area (Å²) in [4.78, 5) is 3.86. The maximum Gasteiger partial charge on any atom is 0.0839 e. The number of halogens is 1. The summed E-state index contributed by atoms with van der Waals surface area (Å²) in [5, 5.41) is 10.0. The zero-order valence-corrected chi connectivity index (χ0v) is 7.33. The second kappa shape index (κ2) is 4.24. The van der Waals surface area contributed by atoms with Gasteiger partial charge < -0.3 is 5.11 Å². The van der Waals surface area contributed by atoms with Crippen LogP contribution in [0.25, 0.3) is 0 Å². The predicted molar refractivity (Wildman–Crippen MR) is 49.0 cm³/mol. The van der Waals surface area contributed by atoms with Crippen LogP contribution in [0.3, 0.4) is 0 Å². The molecule has 3 heteroatoms. The van der Waals surface area contributed by atoms with Crippen molar-refractivity contribution in [2.45, 2.75) is 12.5 Å². The molecule has 2 nitrogen and oxygen atoms in total. The Balaban J connectivity index is 2.80. The molecule has 0 amide bonds. The van der Waals surface area contributed by atoms with Crippen LogP contribution >= 0.6 is 11.6 Å². The number of pyridine rings is 1. The summed E-state index contributed by atoms with van der Waals surface area (Å²) in [7, 11) is 0. The molecule has 0 spiro atoms. The molecular weight excluding hydrogens is 174 g/mol. The van der Waals surface area contributed by atoms with Crippen LogP contribution in [0.4, 0.5) is 0 Å². The van der Waals surface area contributed by atoms with Crippen molar-refractivity contribution < 1.29 is 5.11 Å². The molecule has 1 aromatic heterocycles. The van der Waals surface area contributed by atoms with Crippen LogP contribution in [-0.2, 0) is 0 Å². The molecular formula is C9H10ClNO. The molecule has 1 N–H and O–H groups in total. The van der Waals surface area contributed by atoms with Gasteiger partial charge in [-0.25, -0.2) is 0 Å². The van der Waals surface area contributed by atoms with Gasteiger partial charge >= 0.3 is 0 Å². The molecule has 0 aliphatic carbocycles. The maximum atomic E-state index is 9.48. The Bertz CT molecular complexity index is 275. The van der Waals surface area contributed by atoms with E-state index in [1.54, 1.807) is 18.3 Å². The fraction of sp³-hybridized carbons (Fsp3) is 0.222. The SMILES string of the molecule is C=CCC(O)c1cncc(Cl)c1. The lowest BCUT2D eigenvalue weighted by Crippen LogP contribution is -1.95. The number of aliphatic hydroxyl groups excluding tert-OH is 1. The minimum absolute atomic E-state index is 0.516. The van der Waals surface area contributed by atoms with Crippen molar-refractivity contribution >= 4 is 11.6 Å². The van der Waals surface area contributed by atoms with E-state index in [2.05, 4.69) is 11.6 Å². The largest absolute Gasteiger partial charge is 0.388 e. The highest BCUT2D eigenvalue weighted by molar-refractivity contribution is 6.30. The molecule has 1 unspecified atom stereocenters. The quantitative estimate of drug-likeness (QED) is 0.730. The molecule has 0 saturated heterocycles. The van der Waals surface area contributed by atoms with Crippen LogP contribution < -0.4 is 0 Å². The lowest BCUT2D eigenvalue weighted by molar-refractivity contribution is 0.181. The first-order valence-corrected chi connectivity index (χ1v) is 4.01. The fourth-order valence-corrected chi connectivity index (χ4v) is 1.09. The molecule has 0 aromatic carbocycles. The first kappa shape index (κ1) is 9.23. The van der Waals surface area contributed by atoms with Crippen LogP contribution in [0.2, 0.25) is 5.02 Å². The van der Waals surface area contributed by atoms with Crippen LogP contribution in [0.1, 0.15) is 18.1 Å². The summed E-state index contributed by atoms with van der Waals surface area (Å²) in [6.07, 6.45) is 4.76. The van der Waals surface area contributed by atoms with Crippen molar-refractivity contribution in [3.8, 4) is 0 Å². The maximum absolute atomic E-state index is 9.48. The lowest BCUT2D eigenvalue weighted by atomic mass is 10.1. The molecule has 64 valence electrons. The first-order chi connectivity index (χ1) is 5.74. The van der Waals surface area contributed by atoms with Gasteiger partial charge in [-0.2, -0.15) is 0 Å². The van der Waals surface area contributed by atoms with E-state index in [1.807, 2.05) is 0 Å². The van der Waals surface area contributed by atoms with Crippen molar-refractivity contribution in [2.24, 2.45) is 0 Å². The number of aliphatic hydroxyl groups is 1. The van der Waals surface area contributed by atoms with Crippen molar-refractivity contribution in [3.05, 3.63) is 41.7 Å². The number of hydrogen-bond acceptors (Lipinski definition) is 2. The Morgan fingerprint density at radius 1 is 1.67 bits per heavy atom. The van der Waals surface area contributed by atoms with Gasteiger partial charge in [-0.1, -0.05) is 17.7 Å². The highest BCUT2D eigenvalue weighted by atomic mass is 35.5. The lowest BCUT2D eigenvalue weighted by Gasteiger charge is -2.06. The summed E-state index contributed by atoms with van der Waals surface area (Å²) in [6, 6.07) is 1.70. The van der Waals surface area contributed by atoms with Crippen LogP contribution in [-0.4, -0.2) is 10.1 Å². The second-order valence-electron chi connectivity index (χ2n) is 2.48. The number of hydrogen-bond donors (Lipinski definition) is 1. The van der Waals surface area contributed by atoms with Crippen molar-refractivity contribution in [3.63, 3.8) is 0 Å². The Hall–Kier alpha value is -0.860. The predicted octanol–water partition coefficient (Wildman–Crippen LogP) is 2.34. The molecule has 1 rings (SSSR count). The Labute approximate surface area is 76.5 Å². The zero-order chi connectivity index (χ0) is 8.97. The van der Waals surface area contributed by atoms with Crippen molar-refractivity contribution in [1.29, 1.82) is 0 Å². The summed E-state index contributed by atoms with van der Waals surface area (Å²) in [5.41, 5.74) is 0.724.